The van der Waals surface area contributed by atoms with Gasteiger partial charge in [-0.1, -0.05) is 19.9 Å². The van der Waals surface area contributed by atoms with Crippen molar-refractivity contribution in [3.05, 3.63) is 28.8 Å². The van der Waals surface area contributed by atoms with Gasteiger partial charge in [0.2, 0.25) is 10.0 Å². The Morgan fingerprint density at radius 1 is 1.25 bits per heavy atom. The van der Waals surface area contributed by atoms with Gasteiger partial charge in [0.25, 0.3) is 0 Å². The van der Waals surface area contributed by atoms with Gasteiger partial charge in [-0.25, -0.2) is 13.1 Å². The number of hydrogen-bond acceptors (Lipinski definition) is 3. The fourth-order valence-corrected chi connectivity index (χ4v) is 3.53. The second-order valence-corrected chi connectivity index (χ2v) is 7.41. The summed E-state index contributed by atoms with van der Waals surface area (Å²) in [5.41, 5.74) is 8.21. The maximum atomic E-state index is 12.4. The normalized spacial score (nSPS) is 12.1. The lowest BCUT2D eigenvalue weighted by molar-refractivity contribution is 0.539. The van der Waals surface area contributed by atoms with E-state index in [-0.39, 0.29) is 0 Å². The molecule has 0 saturated carbocycles. The van der Waals surface area contributed by atoms with E-state index in [2.05, 4.69) is 18.6 Å². The van der Waals surface area contributed by atoms with Crippen molar-refractivity contribution in [2.75, 3.05) is 6.54 Å². The maximum absolute atomic E-state index is 12.4. The number of benzene rings is 1. The summed E-state index contributed by atoms with van der Waals surface area (Å²) in [5.74, 6) is 0.587. The van der Waals surface area contributed by atoms with Gasteiger partial charge in [0.15, 0.2) is 0 Å². The molecule has 5 heteroatoms. The molecule has 114 valence electrons. The van der Waals surface area contributed by atoms with Crippen LogP contribution in [0.5, 0.6) is 0 Å². The average molecular weight is 298 g/mol. The molecule has 0 spiro atoms. The average Bonchev–Trinajstić information content (AvgIpc) is 2.37. The predicted molar refractivity (Wildman–Crippen MR) is 83.1 cm³/mol. The third-order valence-corrected chi connectivity index (χ3v) is 5.04. The lowest BCUT2D eigenvalue weighted by Crippen LogP contribution is -2.26. The number of nitrogens with one attached hydrogen (secondary N) is 1. The van der Waals surface area contributed by atoms with Crippen molar-refractivity contribution < 1.29 is 8.42 Å². The molecule has 0 atom stereocenters. The lowest BCUT2D eigenvalue weighted by Gasteiger charge is -2.13. The second-order valence-electron chi connectivity index (χ2n) is 5.67. The van der Waals surface area contributed by atoms with Crippen LogP contribution in [0.15, 0.2) is 17.0 Å². The first kappa shape index (κ1) is 17.1. The SMILES string of the molecule is Cc1cc(CN)cc(S(=O)(=O)NCCCC(C)C)c1C. The number of aryl methyl sites for hydroxylation is 1. The van der Waals surface area contributed by atoms with Crippen LogP contribution in [0.1, 0.15) is 43.4 Å². The largest absolute Gasteiger partial charge is 0.326 e. The van der Waals surface area contributed by atoms with Crippen molar-refractivity contribution in [3.63, 3.8) is 0 Å². The van der Waals surface area contributed by atoms with Crippen LogP contribution in [0.2, 0.25) is 0 Å². The van der Waals surface area contributed by atoms with E-state index in [4.69, 9.17) is 5.73 Å². The van der Waals surface area contributed by atoms with Gasteiger partial charge >= 0.3 is 0 Å². The second kappa shape index (κ2) is 7.20. The summed E-state index contributed by atoms with van der Waals surface area (Å²) in [6.45, 7) is 8.83. The first-order valence-electron chi connectivity index (χ1n) is 7.07. The van der Waals surface area contributed by atoms with E-state index in [9.17, 15) is 8.42 Å². The number of sulfonamides is 1. The monoisotopic (exact) mass is 298 g/mol. The van der Waals surface area contributed by atoms with Gasteiger partial charge in [-0.3, -0.25) is 0 Å². The van der Waals surface area contributed by atoms with Gasteiger partial charge in [-0.05, 0) is 55.4 Å². The summed E-state index contributed by atoms with van der Waals surface area (Å²) >= 11 is 0. The Morgan fingerprint density at radius 2 is 1.90 bits per heavy atom. The Balaban J connectivity index is 2.89. The molecular weight excluding hydrogens is 272 g/mol. The number of hydrogen-bond donors (Lipinski definition) is 2. The summed E-state index contributed by atoms with van der Waals surface area (Å²) in [7, 11) is -3.45. The molecule has 0 radical (unpaired) electrons. The third-order valence-electron chi connectivity index (χ3n) is 3.46. The highest BCUT2D eigenvalue weighted by Gasteiger charge is 2.18. The fourth-order valence-electron chi connectivity index (χ4n) is 2.09. The lowest BCUT2D eigenvalue weighted by atomic mass is 10.1. The molecule has 0 heterocycles. The molecule has 0 amide bonds. The quantitative estimate of drug-likeness (QED) is 0.760. The van der Waals surface area contributed by atoms with Crippen LogP contribution in [-0.4, -0.2) is 15.0 Å². The van der Waals surface area contributed by atoms with Gasteiger partial charge in [-0.2, -0.15) is 0 Å². The highest BCUT2D eigenvalue weighted by Crippen LogP contribution is 2.21. The summed E-state index contributed by atoms with van der Waals surface area (Å²) < 4.78 is 27.4. The highest BCUT2D eigenvalue weighted by molar-refractivity contribution is 7.89. The zero-order valence-electron chi connectivity index (χ0n) is 12.9. The Hall–Kier alpha value is -0.910. The summed E-state index contributed by atoms with van der Waals surface area (Å²) in [6.07, 6.45) is 1.87. The highest BCUT2D eigenvalue weighted by atomic mass is 32.2. The Kier molecular flexibility index (Phi) is 6.17. The van der Waals surface area contributed by atoms with Crippen molar-refractivity contribution >= 4 is 10.0 Å². The van der Waals surface area contributed by atoms with E-state index in [0.29, 0.717) is 23.9 Å². The first-order valence-corrected chi connectivity index (χ1v) is 8.56. The molecule has 0 aliphatic rings. The summed E-state index contributed by atoms with van der Waals surface area (Å²) in [4.78, 5) is 0.350. The van der Waals surface area contributed by atoms with Crippen LogP contribution in [0.4, 0.5) is 0 Å². The number of rotatable bonds is 7. The van der Waals surface area contributed by atoms with Crippen LogP contribution in [0, 0.1) is 19.8 Å². The van der Waals surface area contributed by atoms with Crippen LogP contribution in [0.25, 0.3) is 0 Å². The molecule has 0 saturated heterocycles. The van der Waals surface area contributed by atoms with E-state index in [1.165, 1.54) is 0 Å². The van der Waals surface area contributed by atoms with Gasteiger partial charge in [0.1, 0.15) is 0 Å². The van der Waals surface area contributed by atoms with Gasteiger partial charge in [-0.15, -0.1) is 0 Å². The molecule has 0 bridgehead atoms. The van der Waals surface area contributed by atoms with Crippen LogP contribution in [-0.2, 0) is 16.6 Å². The zero-order chi connectivity index (χ0) is 15.3. The Bertz CT molecular complexity index is 551. The first-order chi connectivity index (χ1) is 9.27. The van der Waals surface area contributed by atoms with E-state index >= 15 is 0 Å². The van der Waals surface area contributed by atoms with Crippen molar-refractivity contribution in [3.8, 4) is 0 Å². The standard InChI is InChI=1S/C15H26N2O2S/c1-11(2)6-5-7-17-20(18,19)15-9-14(10-16)8-12(3)13(15)4/h8-9,11,17H,5-7,10,16H2,1-4H3. The van der Waals surface area contributed by atoms with Gasteiger partial charge < -0.3 is 5.73 Å². The maximum Gasteiger partial charge on any atom is 0.240 e. The summed E-state index contributed by atoms with van der Waals surface area (Å²) in [5, 5.41) is 0. The molecule has 1 rings (SSSR count). The molecule has 4 nitrogen and oxygen atoms in total. The molecular formula is C15H26N2O2S. The predicted octanol–water partition coefficient (Wildman–Crippen LogP) is 2.48. The van der Waals surface area contributed by atoms with Crippen LogP contribution in [0.3, 0.4) is 0 Å². The minimum Gasteiger partial charge on any atom is -0.326 e. The molecule has 1 aromatic carbocycles. The molecule has 3 N–H and O–H groups in total. The molecule has 1 aromatic rings. The van der Waals surface area contributed by atoms with Crippen LogP contribution >= 0.6 is 0 Å². The third kappa shape index (κ3) is 4.58. The smallest absolute Gasteiger partial charge is 0.240 e. The van der Waals surface area contributed by atoms with E-state index < -0.39 is 10.0 Å². The summed E-state index contributed by atoms with van der Waals surface area (Å²) in [6, 6.07) is 3.61. The number of nitrogens with two attached hydrogens (primary N) is 1. The van der Waals surface area contributed by atoms with Gasteiger partial charge in [0, 0.05) is 13.1 Å². The topological polar surface area (TPSA) is 72.2 Å². The minimum atomic E-state index is -3.45. The molecule has 0 unspecified atom stereocenters. The Labute approximate surface area is 122 Å². The Morgan fingerprint density at radius 3 is 2.45 bits per heavy atom. The van der Waals surface area contributed by atoms with Crippen molar-refractivity contribution in [1.82, 2.24) is 4.72 Å². The van der Waals surface area contributed by atoms with Crippen LogP contribution < -0.4 is 10.5 Å². The van der Waals surface area contributed by atoms with E-state index in [1.807, 2.05) is 19.9 Å². The fraction of sp³-hybridized carbons (Fsp3) is 0.600. The van der Waals surface area contributed by atoms with Crippen molar-refractivity contribution in [2.45, 2.75) is 52.0 Å². The van der Waals surface area contributed by atoms with E-state index in [0.717, 1.165) is 29.5 Å². The van der Waals surface area contributed by atoms with Crippen molar-refractivity contribution in [1.29, 1.82) is 0 Å². The van der Waals surface area contributed by atoms with Crippen molar-refractivity contribution in [2.24, 2.45) is 11.7 Å². The van der Waals surface area contributed by atoms with Gasteiger partial charge in [0.05, 0.1) is 4.90 Å². The van der Waals surface area contributed by atoms with E-state index in [1.54, 1.807) is 6.07 Å². The zero-order valence-corrected chi connectivity index (χ0v) is 13.7. The molecule has 0 aliphatic carbocycles. The molecule has 0 aliphatic heterocycles. The molecule has 0 fully saturated rings. The molecule has 20 heavy (non-hydrogen) atoms. The molecule has 0 aromatic heterocycles. The minimum absolute atomic E-state index is 0.344.